The van der Waals surface area contributed by atoms with Gasteiger partial charge in [-0.15, -0.1) is 0 Å². The third-order valence-electron chi connectivity index (χ3n) is 3.63. The first-order valence-electron chi connectivity index (χ1n) is 7.26. The first kappa shape index (κ1) is 14.9. The molecule has 0 saturated carbocycles. The lowest BCUT2D eigenvalue weighted by Gasteiger charge is -2.22. The highest BCUT2D eigenvalue weighted by atomic mass is 16.5. The number of carbonyl (C=O) groups is 1. The van der Waals surface area contributed by atoms with Crippen LogP contribution < -0.4 is 10.1 Å². The van der Waals surface area contributed by atoms with E-state index in [9.17, 15) is 4.79 Å². The average molecular weight is 277 g/mol. The van der Waals surface area contributed by atoms with Crippen molar-refractivity contribution in [3.8, 4) is 5.75 Å². The van der Waals surface area contributed by atoms with Crippen molar-refractivity contribution in [1.82, 2.24) is 5.32 Å². The second-order valence-corrected chi connectivity index (χ2v) is 5.14. The second kappa shape index (κ2) is 7.29. The molecule has 1 aliphatic carbocycles. The fourth-order valence-electron chi connectivity index (χ4n) is 2.52. The maximum atomic E-state index is 11.9. The van der Waals surface area contributed by atoms with Crippen molar-refractivity contribution in [3.05, 3.63) is 29.3 Å². The predicted molar refractivity (Wildman–Crippen MR) is 78.1 cm³/mol. The molecular formula is C16H23NO3. The minimum atomic E-state index is -0.486. The molecule has 0 aliphatic heterocycles. The molecule has 0 bridgehead atoms. The Morgan fingerprint density at radius 3 is 2.95 bits per heavy atom. The van der Waals surface area contributed by atoms with Gasteiger partial charge >= 0.3 is 0 Å². The average Bonchev–Trinajstić information content (AvgIpc) is 2.47. The molecule has 4 heteroatoms. The van der Waals surface area contributed by atoms with Gasteiger partial charge in [-0.1, -0.05) is 12.1 Å². The van der Waals surface area contributed by atoms with Crippen LogP contribution >= 0.6 is 0 Å². The minimum absolute atomic E-state index is 0.101. The maximum Gasteiger partial charge on any atom is 0.260 e. The van der Waals surface area contributed by atoms with Crippen LogP contribution in [0.5, 0.6) is 5.75 Å². The summed E-state index contributed by atoms with van der Waals surface area (Å²) in [5.74, 6) is 0.757. The minimum Gasteiger partial charge on any atom is -0.481 e. The molecule has 110 valence electrons. The normalized spacial score (nSPS) is 15.3. The van der Waals surface area contributed by atoms with Gasteiger partial charge < -0.3 is 14.8 Å². The van der Waals surface area contributed by atoms with E-state index in [2.05, 4.69) is 11.4 Å². The Morgan fingerprint density at radius 2 is 2.15 bits per heavy atom. The number of fused-ring (bicyclic) bond motifs is 1. The second-order valence-electron chi connectivity index (χ2n) is 5.14. The Hall–Kier alpha value is -1.55. The molecule has 0 fully saturated rings. The number of amides is 1. The van der Waals surface area contributed by atoms with Gasteiger partial charge in [0.25, 0.3) is 5.91 Å². The van der Waals surface area contributed by atoms with Crippen molar-refractivity contribution in [1.29, 1.82) is 0 Å². The van der Waals surface area contributed by atoms with Crippen molar-refractivity contribution in [3.63, 3.8) is 0 Å². The number of rotatable bonds is 6. The van der Waals surface area contributed by atoms with Gasteiger partial charge in [-0.25, -0.2) is 0 Å². The third kappa shape index (κ3) is 3.73. The molecule has 0 spiro atoms. The van der Waals surface area contributed by atoms with Gasteiger partial charge in [0.2, 0.25) is 0 Å². The van der Waals surface area contributed by atoms with Crippen molar-refractivity contribution in [2.45, 2.75) is 38.7 Å². The summed E-state index contributed by atoms with van der Waals surface area (Å²) in [6.07, 6.45) is 4.11. The molecule has 20 heavy (non-hydrogen) atoms. The number of benzene rings is 1. The van der Waals surface area contributed by atoms with E-state index >= 15 is 0 Å². The van der Waals surface area contributed by atoms with Crippen molar-refractivity contribution in [2.24, 2.45) is 0 Å². The Labute approximate surface area is 120 Å². The van der Waals surface area contributed by atoms with E-state index < -0.39 is 6.10 Å². The Kier molecular flexibility index (Phi) is 5.41. The van der Waals surface area contributed by atoms with Crippen molar-refractivity contribution < 1.29 is 14.3 Å². The number of nitrogens with one attached hydrogen (secondary N) is 1. The van der Waals surface area contributed by atoms with E-state index in [1.165, 1.54) is 24.0 Å². The van der Waals surface area contributed by atoms with Crippen LogP contribution in [0.15, 0.2) is 18.2 Å². The maximum absolute atomic E-state index is 11.9. The summed E-state index contributed by atoms with van der Waals surface area (Å²) in [6.45, 7) is 2.81. The Balaban J connectivity index is 1.97. The molecule has 1 atom stereocenters. The quantitative estimate of drug-likeness (QED) is 0.810. The van der Waals surface area contributed by atoms with Crippen LogP contribution in [-0.2, 0) is 22.4 Å². The van der Waals surface area contributed by atoms with E-state index in [4.69, 9.17) is 9.47 Å². The first-order valence-corrected chi connectivity index (χ1v) is 7.26. The molecule has 0 aromatic heterocycles. The Bertz CT molecular complexity index is 459. The molecule has 2 rings (SSSR count). The summed E-state index contributed by atoms with van der Waals surface area (Å²) < 4.78 is 10.8. The van der Waals surface area contributed by atoms with E-state index in [-0.39, 0.29) is 5.91 Å². The summed E-state index contributed by atoms with van der Waals surface area (Å²) >= 11 is 0. The molecule has 1 aliphatic rings. The van der Waals surface area contributed by atoms with E-state index in [0.29, 0.717) is 13.2 Å². The highest BCUT2D eigenvalue weighted by molar-refractivity contribution is 5.80. The van der Waals surface area contributed by atoms with E-state index in [1.807, 2.05) is 12.1 Å². The zero-order chi connectivity index (χ0) is 14.4. The summed E-state index contributed by atoms with van der Waals surface area (Å²) in [4.78, 5) is 11.9. The van der Waals surface area contributed by atoms with E-state index in [1.54, 1.807) is 14.0 Å². The molecule has 0 saturated heterocycles. The smallest absolute Gasteiger partial charge is 0.260 e. The zero-order valence-electron chi connectivity index (χ0n) is 12.3. The standard InChI is InChI=1S/C16H23NO3/c1-12(16(18)17-10-11-19-2)20-15-9-5-7-13-6-3-4-8-14(13)15/h5,7,9,12H,3-4,6,8,10-11H2,1-2H3,(H,17,18)/t12-/m0/s1. The molecule has 0 unspecified atom stereocenters. The number of methoxy groups -OCH3 is 1. The third-order valence-corrected chi connectivity index (χ3v) is 3.63. The van der Waals surface area contributed by atoms with Crippen LogP contribution in [-0.4, -0.2) is 32.3 Å². The van der Waals surface area contributed by atoms with Gasteiger partial charge in [-0.2, -0.15) is 0 Å². The van der Waals surface area contributed by atoms with E-state index in [0.717, 1.165) is 18.6 Å². The topological polar surface area (TPSA) is 47.6 Å². The van der Waals surface area contributed by atoms with Crippen molar-refractivity contribution >= 4 is 5.91 Å². The highest BCUT2D eigenvalue weighted by Gasteiger charge is 2.18. The van der Waals surface area contributed by atoms with Gasteiger partial charge in [-0.3, -0.25) is 4.79 Å². The van der Waals surface area contributed by atoms with Gasteiger partial charge in [-0.05, 0) is 49.8 Å². The lowest BCUT2D eigenvalue weighted by atomic mass is 9.91. The lowest BCUT2D eigenvalue weighted by Crippen LogP contribution is -2.38. The van der Waals surface area contributed by atoms with Crippen LogP contribution in [0, 0.1) is 0 Å². The molecule has 0 radical (unpaired) electrons. The molecule has 4 nitrogen and oxygen atoms in total. The fraction of sp³-hybridized carbons (Fsp3) is 0.562. The fourth-order valence-corrected chi connectivity index (χ4v) is 2.52. The van der Waals surface area contributed by atoms with Gasteiger partial charge in [0, 0.05) is 13.7 Å². The highest BCUT2D eigenvalue weighted by Crippen LogP contribution is 2.30. The first-order chi connectivity index (χ1) is 9.72. The molecule has 1 amide bonds. The lowest BCUT2D eigenvalue weighted by molar-refractivity contribution is -0.127. The SMILES string of the molecule is COCCNC(=O)[C@H](C)Oc1cccc2c1CCCC2. The largest absolute Gasteiger partial charge is 0.481 e. The van der Waals surface area contributed by atoms with Crippen LogP contribution in [0.1, 0.15) is 30.9 Å². The summed E-state index contributed by atoms with van der Waals surface area (Å²) in [6, 6.07) is 6.13. The monoisotopic (exact) mass is 277 g/mol. The van der Waals surface area contributed by atoms with Crippen LogP contribution in [0.3, 0.4) is 0 Å². The van der Waals surface area contributed by atoms with Gasteiger partial charge in [0.05, 0.1) is 6.61 Å². The number of hydrogen-bond acceptors (Lipinski definition) is 3. The number of ether oxygens (including phenoxy) is 2. The predicted octanol–water partition coefficient (Wildman–Crippen LogP) is 2.10. The summed E-state index contributed by atoms with van der Waals surface area (Å²) in [7, 11) is 1.61. The van der Waals surface area contributed by atoms with Crippen LogP contribution in [0.25, 0.3) is 0 Å². The number of carbonyl (C=O) groups excluding carboxylic acids is 1. The molecule has 1 N–H and O–H groups in total. The van der Waals surface area contributed by atoms with Crippen molar-refractivity contribution in [2.75, 3.05) is 20.3 Å². The van der Waals surface area contributed by atoms with Crippen LogP contribution in [0.2, 0.25) is 0 Å². The zero-order valence-corrected chi connectivity index (χ0v) is 12.3. The van der Waals surface area contributed by atoms with Gasteiger partial charge in [0.15, 0.2) is 6.10 Å². The Morgan fingerprint density at radius 1 is 1.35 bits per heavy atom. The van der Waals surface area contributed by atoms with Gasteiger partial charge in [0.1, 0.15) is 5.75 Å². The number of aryl methyl sites for hydroxylation is 1. The van der Waals surface area contributed by atoms with Crippen LogP contribution in [0.4, 0.5) is 0 Å². The molecule has 0 heterocycles. The molecule has 1 aromatic carbocycles. The summed E-state index contributed by atoms with van der Waals surface area (Å²) in [5, 5.41) is 2.79. The number of hydrogen-bond donors (Lipinski definition) is 1. The molecular weight excluding hydrogens is 254 g/mol. The molecule has 1 aromatic rings. The summed E-state index contributed by atoms with van der Waals surface area (Å²) in [5.41, 5.74) is 2.64.